The molecule has 0 aromatic heterocycles. The normalized spacial score (nSPS) is 13.3. The average Bonchev–Trinajstić information content (AvgIpc) is 2.76. The minimum absolute atomic E-state index is 0.0905. The van der Waals surface area contributed by atoms with Crippen molar-refractivity contribution in [3.05, 3.63) is 23.8 Å². The second-order valence-corrected chi connectivity index (χ2v) is 7.55. The number of aryl methyl sites for hydroxylation is 1. The smallest absolute Gasteiger partial charge is 0.142 e. The van der Waals surface area contributed by atoms with Crippen LogP contribution in [0, 0.1) is 6.92 Å². The molecular weight excluding hydrogens is 382 g/mol. The van der Waals surface area contributed by atoms with E-state index >= 15 is 0 Å². The summed E-state index contributed by atoms with van der Waals surface area (Å²) in [6.07, 6.45) is 3.72. The van der Waals surface area contributed by atoms with Gasteiger partial charge in [-0.15, -0.1) is 0 Å². The summed E-state index contributed by atoms with van der Waals surface area (Å²) in [4.78, 5) is 2.26. The van der Waals surface area contributed by atoms with Crippen LogP contribution in [-0.4, -0.2) is 70.5 Å². The quantitative estimate of drug-likeness (QED) is 0.356. The highest BCUT2D eigenvalue weighted by Gasteiger charge is 2.15. The molecule has 0 amide bonds. The van der Waals surface area contributed by atoms with E-state index in [2.05, 4.69) is 44.7 Å². The van der Waals surface area contributed by atoms with Crippen molar-refractivity contribution < 1.29 is 24.1 Å². The molecule has 0 saturated carbocycles. The van der Waals surface area contributed by atoms with Gasteiger partial charge in [0.25, 0.3) is 0 Å². The van der Waals surface area contributed by atoms with Crippen molar-refractivity contribution in [2.75, 3.05) is 58.1 Å². The minimum atomic E-state index is 0.0905. The molecule has 1 N–H and O–H groups in total. The van der Waals surface area contributed by atoms with E-state index in [4.69, 9.17) is 18.9 Å². The Morgan fingerprint density at radius 3 is 2.20 bits per heavy atom. The summed E-state index contributed by atoms with van der Waals surface area (Å²) in [5, 5.41) is 9.19. The van der Waals surface area contributed by atoms with E-state index in [-0.39, 0.29) is 18.8 Å². The van der Waals surface area contributed by atoms with Crippen molar-refractivity contribution in [2.24, 2.45) is 0 Å². The van der Waals surface area contributed by atoms with Crippen LogP contribution in [0.5, 0.6) is 5.75 Å². The van der Waals surface area contributed by atoms with Crippen molar-refractivity contribution in [1.29, 1.82) is 0 Å². The van der Waals surface area contributed by atoms with Gasteiger partial charge in [0.1, 0.15) is 5.75 Å². The lowest BCUT2D eigenvalue weighted by molar-refractivity contribution is -0.0158. The Morgan fingerprint density at radius 2 is 1.63 bits per heavy atom. The maximum absolute atomic E-state index is 9.19. The summed E-state index contributed by atoms with van der Waals surface area (Å²) in [7, 11) is 1.70. The fourth-order valence-corrected chi connectivity index (χ4v) is 3.25. The first kappa shape index (κ1) is 26.7. The monoisotopic (exact) mass is 425 g/mol. The molecule has 0 radical (unpaired) electrons. The Morgan fingerprint density at radius 1 is 0.967 bits per heavy atom. The van der Waals surface area contributed by atoms with Gasteiger partial charge in [-0.1, -0.05) is 26.8 Å². The number of methoxy groups -OCH3 is 1. The van der Waals surface area contributed by atoms with Gasteiger partial charge in [0.05, 0.1) is 44.8 Å². The van der Waals surface area contributed by atoms with Crippen molar-refractivity contribution in [3.8, 4) is 5.75 Å². The van der Waals surface area contributed by atoms with E-state index in [0.717, 1.165) is 50.4 Å². The molecule has 0 bridgehead atoms. The van der Waals surface area contributed by atoms with Gasteiger partial charge < -0.3 is 29.0 Å². The zero-order valence-electron chi connectivity index (χ0n) is 19.7. The van der Waals surface area contributed by atoms with E-state index in [1.54, 1.807) is 7.11 Å². The van der Waals surface area contributed by atoms with E-state index < -0.39 is 0 Å². The van der Waals surface area contributed by atoms with Crippen LogP contribution in [0.15, 0.2) is 18.2 Å². The number of ether oxygens (including phenoxy) is 4. The Balaban J connectivity index is 2.74. The zero-order chi connectivity index (χ0) is 22.2. The third-order valence-corrected chi connectivity index (χ3v) is 5.12. The summed E-state index contributed by atoms with van der Waals surface area (Å²) in [6.45, 7) is 12.6. The Kier molecular flexibility index (Phi) is 14.6. The van der Waals surface area contributed by atoms with Crippen molar-refractivity contribution in [3.63, 3.8) is 0 Å². The molecule has 2 unspecified atom stereocenters. The van der Waals surface area contributed by atoms with Crippen molar-refractivity contribution >= 4 is 5.69 Å². The summed E-state index contributed by atoms with van der Waals surface area (Å²) in [5.74, 6) is 0.848. The molecule has 0 fully saturated rings. The first-order chi connectivity index (χ1) is 14.6. The molecule has 1 rings (SSSR count). The highest BCUT2D eigenvalue weighted by Crippen LogP contribution is 2.29. The third-order valence-electron chi connectivity index (χ3n) is 5.12. The van der Waals surface area contributed by atoms with Gasteiger partial charge in [0.15, 0.2) is 0 Å². The number of rotatable bonds is 18. The molecule has 0 aliphatic carbocycles. The molecule has 0 saturated heterocycles. The van der Waals surface area contributed by atoms with Gasteiger partial charge in [-0.2, -0.15) is 0 Å². The fraction of sp³-hybridized carbons (Fsp3) is 0.750. The number of hydrogen-bond donors (Lipinski definition) is 1. The second-order valence-electron chi connectivity index (χ2n) is 7.55. The van der Waals surface area contributed by atoms with Gasteiger partial charge in [-0.25, -0.2) is 0 Å². The fourth-order valence-electron chi connectivity index (χ4n) is 3.25. The highest BCUT2D eigenvalue weighted by molar-refractivity contribution is 5.60. The Labute approximate surface area is 183 Å². The van der Waals surface area contributed by atoms with Crippen LogP contribution in [-0.2, 0) is 14.2 Å². The number of benzene rings is 1. The second kappa shape index (κ2) is 16.4. The van der Waals surface area contributed by atoms with E-state index in [1.165, 1.54) is 5.56 Å². The molecule has 0 aliphatic rings. The SMILES string of the molecule is CCCOCC(CC)OCCN(CCOC(CC)CCO)c1cc(C)ccc1OC. The molecule has 174 valence electrons. The van der Waals surface area contributed by atoms with Gasteiger partial charge >= 0.3 is 0 Å². The lowest BCUT2D eigenvalue weighted by Gasteiger charge is -2.28. The number of anilines is 1. The predicted molar refractivity (Wildman–Crippen MR) is 123 cm³/mol. The van der Waals surface area contributed by atoms with E-state index in [1.807, 2.05) is 6.07 Å². The van der Waals surface area contributed by atoms with E-state index in [0.29, 0.717) is 26.2 Å². The molecule has 1 aromatic rings. The minimum Gasteiger partial charge on any atom is -0.495 e. The molecule has 1 aromatic carbocycles. The number of hydrogen-bond acceptors (Lipinski definition) is 6. The van der Waals surface area contributed by atoms with E-state index in [9.17, 15) is 5.11 Å². The molecule has 0 heterocycles. The molecular formula is C24H43NO5. The Hall–Kier alpha value is -1.34. The summed E-state index contributed by atoms with van der Waals surface area (Å²) in [5.41, 5.74) is 2.24. The maximum atomic E-state index is 9.19. The van der Waals surface area contributed by atoms with Crippen LogP contribution >= 0.6 is 0 Å². The first-order valence-electron chi connectivity index (χ1n) is 11.4. The van der Waals surface area contributed by atoms with Gasteiger partial charge in [0.2, 0.25) is 0 Å². The number of aliphatic hydroxyl groups is 1. The first-order valence-corrected chi connectivity index (χ1v) is 11.4. The predicted octanol–water partition coefficient (Wildman–Crippen LogP) is 4.21. The highest BCUT2D eigenvalue weighted by atomic mass is 16.5. The maximum Gasteiger partial charge on any atom is 0.142 e. The van der Waals surface area contributed by atoms with Crippen LogP contribution in [0.4, 0.5) is 5.69 Å². The molecule has 30 heavy (non-hydrogen) atoms. The summed E-state index contributed by atoms with van der Waals surface area (Å²) >= 11 is 0. The standard InChI is InChI=1S/C24H43NO5/c1-6-15-28-19-22(8-3)30-17-13-25(12-16-29-21(7-2)11-14-26)23-18-20(4)9-10-24(23)27-5/h9-10,18,21-22,26H,6-8,11-17,19H2,1-5H3. The molecule has 0 aliphatic heterocycles. The third kappa shape index (κ3) is 10.1. The van der Waals surface area contributed by atoms with Crippen molar-refractivity contribution in [2.45, 2.75) is 65.6 Å². The number of nitrogens with zero attached hydrogens (tertiary/aromatic N) is 1. The summed E-state index contributed by atoms with van der Waals surface area (Å²) < 4.78 is 23.4. The number of aliphatic hydroxyl groups excluding tert-OH is 1. The van der Waals surface area contributed by atoms with Crippen LogP contribution in [0.1, 0.15) is 52.0 Å². The summed E-state index contributed by atoms with van der Waals surface area (Å²) in [6, 6.07) is 6.21. The Bertz CT molecular complexity index is 554. The lowest BCUT2D eigenvalue weighted by Crippen LogP contribution is -2.34. The van der Waals surface area contributed by atoms with Crippen LogP contribution < -0.4 is 9.64 Å². The van der Waals surface area contributed by atoms with Crippen LogP contribution in [0.2, 0.25) is 0 Å². The topological polar surface area (TPSA) is 60.4 Å². The molecule has 6 heteroatoms. The molecule has 6 nitrogen and oxygen atoms in total. The average molecular weight is 426 g/mol. The van der Waals surface area contributed by atoms with Gasteiger partial charge in [-0.05, 0) is 50.3 Å². The lowest BCUT2D eigenvalue weighted by atomic mass is 10.2. The van der Waals surface area contributed by atoms with Gasteiger partial charge in [-0.3, -0.25) is 0 Å². The van der Waals surface area contributed by atoms with Crippen molar-refractivity contribution in [1.82, 2.24) is 0 Å². The van der Waals surface area contributed by atoms with Gasteiger partial charge in [0, 0.05) is 26.3 Å². The molecule has 0 spiro atoms. The van der Waals surface area contributed by atoms with Crippen LogP contribution in [0.25, 0.3) is 0 Å². The van der Waals surface area contributed by atoms with Crippen LogP contribution in [0.3, 0.4) is 0 Å². The molecule has 2 atom stereocenters. The zero-order valence-corrected chi connectivity index (χ0v) is 19.7. The largest absolute Gasteiger partial charge is 0.495 e.